The summed E-state index contributed by atoms with van der Waals surface area (Å²) in [6.07, 6.45) is 0.761. The minimum atomic E-state index is -0.918. The molecule has 0 atom stereocenters. The van der Waals surface area contributed by atoms with E-state index >= 15 is 0 Å². The molecule has 1 rings (SSSR count). The molecule has 0 fully saturated rings. The average Bonchev–Trinajstić information content (AvgIpc) is 2.20. The van der Waals surface area contributed by atoms with E-state index in [1.165, 1.54) is 0 Å². The summed E-state index contributed by atoms with van der Waals surface area (Å²) in [7, 11) is 0. The van der Waals surface area contributed by atoms with Crippen LogP contribution >= 0.6 is 15.9 Å². The number of rotatable bonds is 2. The topological polar surface area (TPSA) is 37.3 Å². The number of alkyl halides is 1. The molecule has 1 N–H and O–H groups in total. The second-order valence-corrected chi connectivity index (χ2v) is 3.87. The average molecular weight is 267 g/mol. The van der Waals surface area contributed by atoms with Gasteiger partial charge in [0.2, 0.25) is 0 Å². The molecule has 0 aromatic heterocycles. The molecule has 0 heterocycles. The maximum absolute atomic E-state index is 10.7. The number of hydrogen-bond donors (Lipinski definition) is 1. The summed E-state index contributed by atoms with van der Waals surface area (Å²) in [5.74, 6) is 5.02. The monoisotopic (exact) mass is 266 g/mol. The highest BCUT2D eigenvalue weighted by Crippen LogP contribution is 2.10. The van der Waals surface area contributed by atoms with E-state index in [1.807, 2.05) is 6.92 Å². The van der Waals surface area contributed by atoms with Crippen LogP contribution in [-0.2, 0) is 0 Å². The van der Waals surface area contributed by atoms with Crippen LogP contribution in [0.5, 0.6) is 0 Å². The number of halogens is 1. The van der Waals surface area contributed by atoms with E-state index in [1.54, 1.807) is 18.2 Å². The van der Waals surface area contributed by atoms with Crippen molar-refractivity contribution in [3.8, 4) is 11.8 Å². The Bertz CT molecular complexity index is 427. The van der Waals surface area contributed by atoms with Crippen LogP contribution in [0.2, 0.25) is 0 Å². The van der Waals surface area contributed by atoms with Gasteiger partial charge in [0.1, 0.15) is 0 Å². The maximum Gasteiger partial charge on any atom is 0.335 e. The van der Waals surface area contributed by atoms with Gasteiger partial charge in [-0.2, -0.15) is 0 Å². The van der Waals surface area contributed by atoms with Gasteiger partial charge in [-0.15, -0.1) is 0 Å². The molecule has 0 aliphatic rings. The summed E-state index contributed by atoms with van der Waals surface area (Å²) in [6.45, 7) is 1.92. The predicted molar refractivity (Wildman–Crippen MR) is 63.4 cm³/mol. The van der Waals surface area contributed by atoms with Gasteiger partial charge in [-0.25, -0.2) is 4.79 Å². The molecule has 0 unspecified atom stereocenters. The fraction of sp³-hybridized carbons (Fsp3) is 0.250. The number of aryl methyl sites for hydroxylation is 1. The van der Waals surface area contributed by atoms with Crippen LogP contribution < -0.4 is 0 Å². The van der Waals surface area contributed by atoms with Crippen LogP contribution in [0.25, 0.3) is 0 Å². The van der Waals surface area contributed by atoms with Crippen molar-refractivity contribution < 1.29 is 9.90 Å². The molecule has 78 valence electrons. The van der Waals surface area contributed by atoms with E-state index in [2.05, 4.69) is 27.8 Å². The molecular formula is C12H11BrO2. The zero-order valence-corrected chi connectivity index (χ0v) is 9.97. The van der Waals surface area contributed by atoms with Gasteiger partial charge < -0.3 is 5.11 Å². The Morgan fingerprint density at radius 2 is 2.27 bits per heavy atom. The number of aromatic carboxylic acids is 1. The van der Waals surface area contributed by atoms with Crippen LogP contribution in [0.1, 0.15) is 27.9 Å². The molecule has 3 heteroatoms. The van der Waals surface area contributed by atoms with E-state index in [0.717, 1.165) is 22.9 Å². The summed E-state index contributed by atoms with van der Waals surface area (Å²) >= 11 is 3.28. The van der Waals surface area contributed by atoms with Crippen molar-refractivity contribution in [2.45, 2.75) is 13.3 Å². The van der Waals surface area contributed by atoms with Crippen LogP contribution in [0.3, 0.4) is 0 Å². The summed E-state index contributed by atoms with van der Waals surface area (Å²) in [5, 5.41) is 9.65. The van der Waals surface area contributed by atoms with Crippen molar-refractivity contribution in [3.05, 3.63) is 34.9 Å². The van der Waals surface area contributed by atoms with Gasteiger partial charge in [0.05, 0.1) is 5.56 Å². The van der Waals surface area contributed by atoms with Gasteiger partial charge >= 0.3 is 5.97 Å². The second kappa shape index (κ2) is 5.57. The van der Waals surface area contributed by atoms with Crippen molar-refractivity contribution in [2.24, 2.45) is 0 Å². The second-order valence-electron chi connectivity index (χ2n) is 3.08. The smallest absolute Gasteiger partial charge is 0.335 e. The largest absolute Gasteiger partial charge is 0.478 e. The molecule has 0 saturated carbocycles. The summed E-state index contributed by atoms with van der Waals surface area (Å²) < 4.78 is 0. The molecule has 0 saturated heterocycles. The van der Waals surface area contributed by atoms with Crippen LogP contribution in [-0.4, -0.2) is 16.4 Å². The van der Waals surface area contributed by atoms with E-state index in [0.29, 0.717) is 0 Å². The van der Waals surface area contributed by atoms with E-state index in [4.69, 9.17) is 5.11 Å². The first-order valence-corrected chi connectivity index (χ1v) is 5.66. The molecule has 15 heavy (non-hydrogen) atoms. The van der Waals surface area contributed by atoms with Crippen molar-refractivity contribution >= 4 is 21.9 Å². The molecule has 0 spiro atoms. The van der Waals surface area contributed by atoms with Crippen LogP contribution in [0.15, 0.2) is 18.2 Å². The first kappa shape index (κ1) is 11.8. The van der Waals surface area contributed by atoms with Gasteiger partial charge in [0.15, 0.2) is 0 Å². The standard InChI is InChI=1S/C12H11BrO2/c1-9-5-6-11(12(14)15)8-10(9)4-2-3-7-13/h5-6,8H,3,7H2,1H3,(H,14,15). The van der Waals surface area contributed by atoms with Gasteiger partial charge in [-0.1, -0.05) is 33.8 Å². The van der Waals surface area contributed by atoms with Crippen molar-refractivity contribution in [1.82, 2.24) is 0 Å². The van der Waals surface area contributed by atoms with E-state index in [-0.39, 0.29) is 5.56 Å². The van der Waals surface area contributed by atoms with E-state index < -0.39 is 5.97 Å². The molecule has 1 aromatic rings. The Balaban J connectivity index is 3.02. The van der Waals surface area contributed by atoms with Gasteiger partial charge in [0, 0.05) is 17.3 Å². The highest BCUT2D eigenvalue weighted by molar-refractivity contribution is 9.09. The van der Waals surface area contributed by atoms with Crippen molar-refractivity contribution in [1.29, 1.82) is 0 Å². The van der Waals surface area contributed by atoms with Crippen molar-refractivity contribution in [3.63, 3.8) is 0 Å². The van der Waals surface area contributed by atoms with E-state index in [9.17, 15) is 4.79 Å². The number of benzene rings is 1. The lowest BCUT2D eigenvalue weighted by Gasteiger charge is -1.99. The molecule has 0 radical (unpaired) electrons. The minimum absolute atomic E-state index is 0.281. The molecule has 0 aliphatic heterocycles. The molecular weight excluding hydrogens is 256 g/mol. The Morgan fingerprint density at radius 1 is 1.53 bits per heavy atom. The fourth-order valence-electron chi connectivity index (χ4n) is 1.09. The number of carbonyl (C=O) groups is 1. The molecule has 0 amide bonds. The van der Waals surface area contributed by atoms with Crippen LogP contribution in [0.4, 0.5) is 0 Å². The van der Waals surface area contributed by atoms with Gasteiger partial charge in [0.25, 0.3) is 0 Å². The fourth-order valence-corrected chi connectivity index (χ4v) is 1.29. The minimum Gasteiger partial charge on any atom is -0.478 e. The lowest BCUT2D eigenvalue weighted by Crippen LogP contribution is -1.97. The maximum atomic E-state index is 10.7. The highest BCUT2D eigenvalue weighted by atomic mass is 79.9. The summed E-state index contributed by atoms with van der Waals surface area (Å²) in [4.78, 5) is 10.7. The van der Waals surface area contributed by atoms with Gasteiger partial charge in [-0.3, -0.25) is 0 Å². The summed E-state index contributed by atoms with van der Waals surface area (Å²) in [6, 6.07) is 4.98. The number of carboxylic acid groups (broad SMARTS) is 1. The van der Waals surface area contributed by atoms with Crippen LogP contribution in [0, 0.1) is 18.8 Å². The number of hydrogen-bond acceptors (Lipinski definition) is 1. The third kappa shape index (κ3) is 3.41. The quantitative estimate of drug-likeness (QED) is 0.660. The lowest BCUT2D eigenvalue weighted by molar-refractivity contribution is 0.0697. The third-order valence-corrected chi connectivity index (χ3v) is 2.32. The Labute approximate surface area is 97.4 Å². The first-order chi connectivity index (χ1) is 7.15. The zero-order valence-electron chi connectivity index (χ0n) is 8.38. The highest BCUT2D eigenvalue weighted by Gasteiger charge is 2.03. The predicted octanol–water partition coefficient (Wildman–Crippen LogP) is 2.83. The number of carboxylic acids is 1. The molecule has 0 bridgehead atoms. The zero-order chi connectivity index (χ0) is 11.3. The van der Waals surface area contributed by atoms with Crippen molar-refractivity contribution in [2.75, 3.05) is 5.33 Å². The molecule has 2 nitrogen and oxygen atoms in total. The summed E-state index contributed by atoms with van der Waals surface area (Å²) in [5.41, 5.74) is 2.07. The normalized spacial score (nSPS) is 9.20. The lowest BCUT2D eigenvalue weighted by atomic mass is 10.1. The third-order valence-electron chi connectivity index (χ3n) is 1.93. The Hall–Kier alpha value is -1.27. The van der Waals surface area contributed by atoms with Gasteiger partial charge in [-0.05, 0) is 24.6 Å². The first-order valence-electron chi connectivity index (χ1n) is 4.54. The Morgan fingerprint density at radius 3 is 2.87 bits per heavy atom. The molecule has 0 aliphatic carbocycles. The SMILES string of the molecule is Cc1ccc(C(=O)O)cc1C#CCCBr. The molecule has 1 aromatic carbocycles. The Kier molecular flexibility index (Phi) is 4.38.